The lowest BCUT2D eigenvalue weighted by atomic mass is 9.48. The van der Waals surface area contributed by atoms with Crippen molar-refractivity contribution in [2.75, 3.05) is 19.7 Å². The summed E-state index contributed by atoms with van der Waals surface area (Å²) >= 11 is 0. The zero-order chi connectivity index (χ0) is 13.0. The second kappa shape index (κ2) is 4.19. The first-order valence-electron chi connectivity index (χ1n) is 7.61. The van der Waals surface area contributed by atoms with Gasteiger partial charge in [0.25, 0.3) is 0 Å². The maximum atomic E-state index is 6.84. The standard InChI is InChI=1S/C15H28N2O/c1-11-6-4-5-8-17(11)10-15(16)12-7-9-18-13(12)14(15,2)3/h11-13H,4-10,16H2,1-3H3. The highest BCUT2D eigenvalue weighted by Gasteiger charge is 2.67. The van der Waals surface area contributed by atoms with Gasteiger partial charge in [0.1, 0.15) is 0 Å². The molecule has 2 aliphatic heterocycles. The van der Waals surface area contributed by atoms with Crippen molar-refractivity contribution in [2.24, 2.45) is 17.1 Å². The lowest BCUT2D eigenvalue weighted by Crippen LogP contribution is -2.78. The summed E-state index contributed by atoms with van der Waals surface area (Å²) in [4.78, 5) is 2.62. The number of piperidine rings is 1. The van der Waals surface area contributed by atoms with Crippen LogP contribution in [0.2, 0.25) is 0 Å². The van der Waals surface area contributed by atoms with Crippen LogP contribution in [0.25, 0.3) is 0 Å². The molecule has 1 saturated carbocycles. The van der Waals surface area contributed by atoms with Gasteiger partial charge in [-0.1, -0.05) is 20.3 Å². The average Bonchev–Trinajstić information content (AvgIpc) is 2.80. The summed E-state index contributed by atoms with van der Waals surface area (Å²) in [7, 11) is 0. The summed E-state index contributed by atoms with van der Waals surface area (Å²) in [6, 6.07) is 0.705. The first kappa shape index (κ1) is 12.9. The van der Waals surface area contributed by atoms with Gasteiger partial charge in [0.05, 0.1) is 6.10 Å². The van der Waals surface area contributed by atoms with Crippen LogP contribution in [0.15, 0.2) is 0 Å². The Balaban J connectivity index is 1.74. The van der Waals surface area contributed by atoms with E-state index < -0.39 is 0 Å². The number of hydrogen-bond donors (Lipinski definition) is 1. The van der Waals surface area contributed by atoms with Crippen LogP contribution in [0.1, 0.15) is 46.5 Å². The Kier molecular flexibility index (Phi) is 3.00. The molecule has 4 atom stereocenters. The highest BCUT2D eigenvalue weighted by molar-refractivity contribution is 5.21. The molecule has 0 aromatic carbocycles. The van der Waals surface area contributed by atoms with E-state index in [1.807, 2.05) is 0 Å². The van der Waals surface area contributed by atoms with Crippen molar-refractivity contribution in [2.45, 2.75) is 64.1 Å². The van der Waals surface area contributed by atoms with Gasteiger partial charge in [0.2, 0.25) is 0 Å². The van der Waals surface area contributed by atoms with Crippen LogP contribution in [-0.2, 0) is 4.74 Å². The van der Waals surface area contributed by atoms with Crippen LogP contribution >= 0.6 is 0 Å². The number of nitrogens with two attached hydrogens (primary N) is 1. The maximum absolute atomic E-state index is 6.84. The van der Waals surface area contributed by atoms with Gasteiger partial charge in [-0.15, -0.1) is 0 Å². The largest absolute Gasteiger partial charge is 0.377 e. The molecule has 1 aliphatic carbocycles. The monoisotopic (exact) mass is 252 g/mol. The topological polar surface area (TPSA) is 38.5 Å². The van der Waals surface area contributed by atoms with Gasteiger partial charge >= 0.3 is 0 Å². The first-order chi connectivity index (χ1) is 8.47. The quantitative estimate of drug-likeness (QED) is 0.817. The molecule has 3 fully saturated rings. The summed E-state index contributed by atoms with van der Waals surface area (Å²) in [6.07, 6.45) is 5.62. The van der Waals surface area contributed by atoms with E-state index in [2.05, 4.69) is 25.7 Å². The van der Waals surface area contributed by atoms with Crippen molar-refractivity contribution in [3.05, 3.63) is 0 Å². The Labute approximate surface area is 111 Å². The molecule has 2 heterocycles. The Morgan fingerprint density at radius 3 is 2.78 bits per heavy atom. The first-order valence-corrected chi connectivity index (χ1v) is 7.61. The molecule has 0 bridgehead atoms. The highest BCUT2D eigenvalue weighted by Crippen LogP contribution is 2.58. The number of hydrogen-bond acceptors (Lipinski definition) is 3. The van der Waals surface area contributed by atoms with Crippen LogP contribution in [0.5, 0.6) is 0 Å². The lowest BCUT2D eigenvalue weighted by Gasteiger charge is -2.64. The summed E-state index contributed by atoms with van der Waals surface area (Å²) in [5.74, 6) is 0.585. The van der Waals surface area contributed by atoms with Gasteiger partial charge in [0.15, 0.2) is 0 Å². The van der Waals surface area contributed by atoms with E-state index in [1.165, 1.54) is 25.8 Å². The minimum absolute atomic E-state index is 0.0419. The molecule has 3 nitrogen and oxygen atoms in total. The van der Waals surface area contributed by atoms with E-state index >= 15 is 0 Å². The Bertz CT molecular complexity index is 330. The molecule has 18 heavy (non-hydrogen) atoms. The van der Waals surface area contributed by atoms with Gasteiger partial charge in [-0.25, -0.2) is 0 Å². The fourth-order valence-electron chi connectivity index (χ4n) is 4.52. The molecule has 4 unspecified atom stereocenters. The Hall–Kier alpha value is -0.120. The van der Waals surface area contributed by atoms with Crippen molar-refractivity contribution >= 4 is 0 Å². The Morgan fingerprint density at radius 2 is 2.06 bits per heavy atom. The number of nitrogens with zero attached hydrogens (tertiary/aromatic N) is 1. The van der Waals surface area contributed by atoms with Crippen LogP contribution in [0.4, 0.5) is 0 Å². The van der Waals surface area contributed by atoms with Gasteiger partial charge in [0, 0.05) is 36.1 Å². The van der Waals surface area contributed by atoms with Crippen LogP contribution in [-0.4, -0.2) is 42.3 Å². The molecule has 104 valence electrons. The SMILES string of the molecule is CC1CCCCN1CC1(N)C2CCOC2C1(C)C. The Morgan fingerprint density at radius 1 is 1.28 bits per heavy atom. The molecular formula is C15H28N2O. The fourth-order valence-corrected chi connectivity index (χ4v) is 4.52. The molecule has 2 saturated heterocycles. The van der Waals surface area contributed by atoms with Crippen LogP contribution in [0, 0.1) is 11.3 Å². The van der Waals surface area contributed by atoms with E-state index in [4.69, 9.17) is 10.5 Å². The van der Waals surface area contributed by atoms with Gasteiger partial charge in [-0.3, -0.25) is 4.90 Å². The summed E-state index contributed by atoms with van der Waals surface area (Å²) < 4.78 is 5.88. The van der Waals surface area contributed by atoms with E-state index in [-0.39, 0.29) is 11.0 Å². The third kappa shape index (κ3) is 1.60. The predicted octanol–water partition coefficient (Wildman–Crippen LogP) is 2.00. The molecule has 3 rings (SSSR count). The number of fused-ring (bicyclic) bond motifs is 1. The lowest BCUT2D eigenvalue weighted by molar-refractivity contribution is -0.166. The summed E-state index contributed by atoms with van der Waals surface area (Å²) in [5.41, 5.74) is 6.93. The van der Waals surface area contributed by atoms with Crippen molar-refractivity contribution in [1.29, 1.82) is 0 Å². The van der Waals surface area contributed by atoms with Gasteiger partial charge < -0.3 is 10.5 Å². The van der Waals surface area contributed by atoms with Crippen molar-refractivity contribution < 1.29 is 4.74 Å². The van der Waals surface area contributed by atoms with E-state index in [1.54, 1.807) is 0 Å². The summed E-state index contributed by atoms with van der Waals surface area (Å²) in [5, 5.41) is 0. The molecule has 3 heteroatoms. The molecule has 2 N–H and O–H groups in total. The second-order valence-corrected chi connectivity index (χ2v) is 7.26. The molecule has 0 spiro atoms. The second-order valence-electron chi connectivity index (χ2n) is 7.26. The maximum Gasteiger partial charge on any atom is 0.0691 e. The van der Waals surface area contributed by atoms with Gasteiger partial charge in [-0.2, -0.15) is 0 Å². The predicted molar refractivity (Wildman–Crippen MR) is 73.4 cm³/mol. The number of likely N-dealkylation sites (tertiary alicyclic amines) is 1. The number of rotatable bonds is 2. The molecule has 3 aliphatic rings. The van der Waals surface area contributed by atoms with E-state index in [0.717, 1.165) is 19.6 Å². The van der Waals surface area contributed by atoms with Crippen molar-refractivity contribution in [3.63, 3.8) is 0 Å². The van der Waals surface area contributed by atoms with Crippen molar-refractivity contribution in [3.8, 4) is 0 Å². The smallest absolute Gasteiger partial charge is 0.0691 e. The molecular weight excluding hydrogens is 224 g/mol. The zero-order valence-electron chi connectivity index (χ0n) is 12.1. The minimum atomic E-state index is -0.0419. The average molecular weight is 252 g/mol. The third-order valence-electron chi connectivity index (χ3n) is 6.07. The highest BCUT2D eigenvalue weighted by atomic mass is 16.5. The molecule has 0 aromatic heterocycles. The number of ether oxygens (including phenoxy) is 1. The third-order valence-corrected chi connectivity index (χ3v) is 6.07. The molecule has 0 amide bonds. The van der Waals surface area contributed by atoms with Gasteiger partial charge in [-0.05, 0) is 32.7 Å². The zero-order valence-corrected chi connectivity index (χ0v) is 12.1. The summed E-state index contributed by atoms with van der Waals surface area (Å²) in [6.45, 7) is 10.2. The van der Waals surface area contributed by atoms with Crippen LogP contribution < -0.4 is 5.73 Å². The fraction of sp³-hybridized carbons (Fsp3) is 1.00. The molecule has 0 radical (unpaired) electrons. The molecule has 0 aromatic rings. The normalized spacial score (nSPS) is 47.7. The van der Waals surface area contributed by atoms with E-state index in [9.17, 15) is 0 Å². The van der Waals surface area contributed by atoms with Crippen LogP contribution in [0.3, 0.4) is 0 Å². The van der Waals surface area contributed by atoms with Crippen molar-refractivity contribution in [1.82, 2.24) is 4.90 Å². The minimum Gasteiger partial charge on any atom is -0.377 e. The van der Waals surface area contributed by atoms with E-state index in [0.29, 0.717) is 18.1 Å².